The number of benzene rings is 2. The first-order chi connectivity index (χ1) is 16.1. The molecule has 170 valence electrons. The molecule has 2 saturated heterocycles. The lowest BCUT2D eigenvalue weighted by Crippen LogP contribution is -2.45. The molecule has 0 bridgehead atoms. The number of piperidine rings is 1. The van der Waals surface area contributed by atoms with Crippen LogP contribution in [0.25, 0.3) is 0 Å². The summed E-state index contributed by atoms with van der Waals surface area (Å²) in [5, 5.41) is 15.8. The maximum atomic E-state index is 11.9. The summed E-state index contributed by atoms with van der Waals surface area (Å²) >= 11 is 0. The topological polar surface area (TPSA) is 80.6 Å². The van der Waals surface area contributed by atoms with E-state index < -0.39 is 0 Å². The van der Waals surface area contributed by atoms with Gasteiger partial charge in [0.15, 0.2) is 0 Å². The van der Waals surface area contributed by atoms with Crippen LogP contribution in [0.4, 0.5) is 10.5 Å². The number of nitrogens with zero attached hydrogens (tertiary/aromatic N) is 3. The minimum atomic E-state index is 0.0525. The molecule has 2 amide bonds. The lowest BCUT2D eigenvalue weighted by atomic mass is 9.74. The van der Waals surface area contributed by atoms with Crippen molar-refractivity contribution in [1.29, 1.82) is 5.26 Å². The Labute approximate surface area is 194 Å². The average Bonchev–Trinajstić information content (AvgIpc) is 3.41. The van der Waals surface area contributed by atoms with Crippen LogP contribution >= 0.6 is 0 Å². The van der Waals surface area contributed by atoms with E-state index in [1.54, 1.807) is 0 Å². The van der Waals surface area contributed by atoms with Gasteiger partial charge < -0.3 is 20.3 Å². The third-order valence-corrected chi connectivity index (χ3v) is 8.01. The molecule has 0 aromatic heterocycles. The normalized spacial score (nSPS) is 22.7. The van der Waals surface area contributed by atoms with Gasteiger partial charge in [0.05, 0.1) is 17.7 Å². The maximum Gasteiger partial charge on any atom is 0.318 e. The second kappa shape index (κ2) is 7.96. The van der Waals surface area contributed by atoms with E-state index >= 15 is 0 Å². The van der Waals surface area contributed by atoms with Crippen molar-refractivity contribution in [3.8, 4) is 11.8 Å². The van der Waals surface area contributed by atoms with Gasteiger partial charge in [-0.15, -0.1) is 0 Å². The predicted molar refractivity (Wildman–Crippen MR) is 125 cm³/mol. The van der Waals surface area contributed by atoms with Crippen LogP contribution in [-0.2, 0) is 11.8 Å². The Morgan fingerprint density at radius 2 is 2.00 bits per heavy atom. The molecule has 2 N–H and O–H groups in total. The summed E-state index contributed by atoms with van der Waals surface area (Å²) in [5.74, 6) is 0.922. The van der Waals surface area contributed by atoms with Gasteiger partial charge in [0.2, 0.25) is 0 Å². The van der Waals surface area contributed by atoms with Crippen molar-refractivity contribution in [2.24, 2.45) is 0 Å². The predicted octanol–water partition coefficient (Wildman–Crippen LogP) is 3.02. The quantitative estimate of drug-likeness (QED) is 0.759. The van der Waals surface area contributed by atoms with Crippen molar-refractivity contribution < 1.29 is 9.53 Å². The highest BCUT2D eigenvalue weighted by Gasteiger charge is 2.41. The molecule has 0 aliphatic carbocycles. The molecule has 2 fully saturated rings. The van der Waals surface area contributed by atoms with Gasteiger partial charge in [-0.05, 0) is 79.4 Å². The number of rotatable bonds is 4. The summed E-state index contributed by atoms with van der Waals surface area (Å²) < 4.78 is 6.12. The van der Waals surface area contributed by atoms with Gasteiger partial charge in [0.1, 0.15) is 12.4 Å². The van der Waals surface area contributed by atoms with Crippen LogP contribution in [0.3, 0.4) is 0 Å². The van der Waals surface area contributed by atoms with Crippen molar-refractivity contribution in [2.75, 3.05) is 51.2 Å². The second-order valence-electron chi connectivity index (χ2n) is 9.70. The fraction of sp³-hybridized carbons (Fsp3) is 0.462. The van der Waals surface area contributed by atoms with E-state index in [4.69, 9.17) is 4.74 Å². The van der Waals surface area contributed by atoms with Crippen LogP contribution in [0.2, 0.25) is 0 Å². The molecular weight excluding hydrogens is 414 g/mol. The minimum Gasteiger partial charge on any atom is -0.492 e. The van der Waals surface area contributed by atoms with Crippen molar-refractivity contribution >= 4 is 11.7 Å². The van der Waals surface area contributed by atoms with Crippen LogP contribution < -0.4 is 15.4 Å². The summed E-state index contributed by atoms with van der Waals surface area (Å²) in [5.41, 5.74) is 5.97. The zero-order chi connectivity index (χ0) is 22.4. The molecule has 1 spiro atoms. The Hall–Kier alpha value is -3.24. The van der Waals surface area contributed by atoms with E-state index in [1.807, 2.05) is 17.0 Å². The molecule has 0 saturated carbocycles. The third kappa shape index (κ3) is 3.50. The van der Waals surface area contributed by atoms with Crippen LogP contribution in [0.15, 0.2) is 36.4 Å². The molecule has 6 rings (SSSR count). The summed E-state index contributed by atoms with van der Waals surface area (Å²) in [6.07, 6.45) is 3.09. The summed E-state index contributed by atoms with van der Waals surface area (Å²) in [7, 11) is 0. The number of hydrogen-bond donors (Lipinski definition) is 2. The number of hydrogen-bond acceptors (Lipinski definition) is 5. The van der Waals surface area contributed by atoms with Crippen molar-refractivity contribution in [3.05, 3.63) is 58.7 Å². The van der Waals surface area contributed by atoms with Gasteiger partial charge in [-0.1, -0.05) is 6.07 Å². The first-order valence-corrected chi connectivity index (χ1v) is 12.0. The number of nitrogens with one attached hydrogen (secondary N) is 2. The number of urea groups is 1. The summed E-state index contributed by atoms with van der Waals surface area (Å²) in [6.45, 7) is 6.12. The van der Waals surface area contributed by atoms with Crippen molar-refractivity contribution in [1.82, 2.24) is 15.1 Å². The molecule has 7 nitrogen and oxygen atoms in total. The van der Waals surface area contributed by atoms with Crippen molar-refractivity contribution in [2.45, 2.75) is 30.7 Å². The molecule has 2 aromatic carbocycles. The van der Waals surface area contributed by atoms with Crippen LogP contribution in [0.1, 0.15) is 41.1 Å². The van der Waals surface area contributed by atoms with Gasteiger partial charge in [-0.25, -0.2) is 4.79 Å². The fourth-order valence-electron chi connectivity index (χ4n) is 6.04. The Kier molecular flexibility index (Phi) is 4.92. The standard InChI is InChI=1S/C26H29N5O2/c27-15-18-1-4-23-22(13-18)26(17-29-23)6-9-30(10-7-26)11-12-33-20-2-3-21-19(14-20)5-8-31-24(21)16-28-25(31)32/h1-4,13-14,24,29H,5-12,16-17H2,(H,28,32). The molecule has 2 aromatic rings. The Bertz CT molecular complexity index is 1130. The van der Waals surface area contributed by atoms with Gasteiger partial charge in [0, 0.05) is 37.3 Å². The van der Waals surface area contributed by atoms with Gasteiger partial charge in [0.25, 0.3) is 0 Å². The van der Waals surface area contributed by atoms with Crippen molar-refractivity contribution in [3.63, 3.8) is 0 Å². The lowest BCUT2D eigenvalue weighted by Gasteiger charge is -2.39. The Morgan fingerprint density at radius 1 is 1.12 bits per heavy atom. The molecule has 33 heavy (non-hydrogen) atoms. The molecule has 0 radical (unpaired) electrons. The molecule has 1 unspecified atom stereocenters. The molecular formula is C26H29N5O2. The van der Waals surface area contributed by atoms with E-state index in [-0.39, 0.29) is 17.5 Å². The zero-order valence-electron chi connectivity index (χ0n) is 18.8. The molecule has 7 heteroatoms. The van der Waals surface area contributed by atoms with Gasteiger partial charge in [-0.3, -0.25) is 4.90 Å². The first kappa shape index (κ1) is 20.4. The maximum absolute atomic E-state index is 11.9. The zero-order valence-corrected chi connectivity index (χ0v) is 18.8. The minimum absolute atomic E-state index is 0.0525. The molecule has 4 aliphatic heterocycles. The number of anilines is 1. The number of amides is 2. The number of likely N-dealkylation sites (tertiary alicyclic amines) is 1. The number of carbonyl (C=O) groups is 1. The summed E-state index contributed by atoms with van der Waals surface area (Å²) in [4.78, 5) is 16.3. The third-order valence-electron chi connectivity index (χ3n) is 8.01. The fourth-order valence-corrected chi connectivity index (χ4v) is 6.04. The summed E-state index contributed by atoms with van der Waals surface area (Å²) in [6, 6.07) is 14.9. The second-order valence-corrected chi connectivity index (χ2v) is 9.70. The number of ether oxygens (including phenoxy) is 1. The number of fused-ring (bicyclic) bond motifs is 5. The highest BCUT2D eigenvalue weighted by Crippen LogP contribution is 2.44. The van der Waals surface area contributed by atoms with Crippen LogP contribution in [-0.4, -0.2) is 61.7 Å². The van der Waals surface area contributed by atoms with Gasteiger partial charge in [-0.2, -0.15) is 5.26 Å². The first-order valence-electron chi connectivity index (χ1n) is 12.0. The van der Waals surface area contributed by atoms with E-state index in [2.05, 4.69) is 45.9 Å². The smallest absolute Gasteiger partial charge is 0.318 e. The van der Waals surface area contributed by atoms with E-state index in [0.717, 1.165) is 63.3 Å². The van der Waals surface area contributed by atoms with E-state index in [9.17, 15) is 10.1 Å². The van der Waals surface area contributed by atoms with E-state index in [0.29, 0.717) is 13.2 Å². The molecule has 4 aliphatic rings. The number of carbonyl (C=O) groups excluding carboxylic acids is 1. The SMILES string of the molecule is N#Cc1ccc2c(c1)C1(CCN(CCOc3ccc4c(c3)CCN3C(=O)NCC43)CC1)CN2. The highest BCUT2D eigenvalue weighted by molar-refractivity contribution is 5.78. The Morgan fingerprint density at radius 3 is 2.85 bits per heavy atom. The largest absolute Gasteiger partial charge is 0.492 e. The monoisotopic (exact) mass is 443 g/mol. The Balaban J connectivity index is 1.04. The molecule has 1 atom stereocenters. The van der Waals surface area contributed by atoms with Gasteiger partial charge >= 0.3 is 6.03 Å². The lowest BCUT2D eigenvalue weighted by molar-refractivity contribution is 0.144. The van der Waals surface area contributed by atoms with E-state index in [1.165, 1.54) is 22.4 Å². The highest BCUT2D eigenvalue weighted by atomic mass is 16.5. The van der Waals surface area contributed by atoms with Crippen LogP contribution in [0.5, 0.6) is 5.75 Å². The van der Waals surface area contributed by atoms with Crippen LogP contribution in [0, 0.1) is 11.3 Å². The number of nitriles is 1. The molecule has 4 heterocycles. The average molecular weight is 444 g/mol.